The summed E-state index contributed by atoms with van der Waals surface area (Å²) in [6, 6.07) is 0. The molecule has 0 radical (unpaired) electrons. The van der Waals surface area contributed by atoms with Crippen molar-refractivity contribution in [2.24, 2.45) is 11.8 Å². The van der Waals surface area contributed by atoms with E-state index in [4.69, 9.17) is 25.5 Å². The van der Waals surface area contributed by atoms with Gasteiger partial charge in [-0.3, -0.25) is 5.84 Å². The third kappa shape index (κ3) is 3.10. The number of ether oxygens (including phenoxy) is 2. The van der Waals surface area contributed by atoms with Crippen LogP contribution in [0.2, 0.25) is 0 Å². The molecule has 4 unspecified atom stereocenters. The fourth-order valence-electron chi connectivity index (χ4n) is 1.63. The molecule has 0 aromatic heterocycles. The topological polar surface area (TPSA) is 91.5 Å². The summed E-state index contributed by atoms with van der Waals surface area (Å²) in [5, 5.41) is 19.8. The van der Waals surface area contributed by atoms with Crippen LogP contribution in [0.25, 0.3) is 0 Å². The summed E-state index contributed by atoms with van der Waals surface area (Å²) in [5.74, 6) is 5.96. The predicted octanol–water partition coefficient (Wildman–Crippen LogP) is -1.38. The molecule has 0 amide bonds. The zero-order chi connectivity index (χ0) is 10.8. The van der Waals surface area contributed by atoms with Gasteiger partial charge in [-0.2, -0.15) is 0 Å². The summed E-state index contributed by atoms with van der Waals surface area (Å²) in [6.07, 6.45) is 0.369. The molecule has 0 aliphatic carbocycles. The summed E-state index contributed by atoms with van der Waals surface area (Å²) in [4.78, 5) is 0. The molecule has 6 nitrogen and oxygen atoms in total. The van der Waals surface area contributed by atoms with E-state index in [2.05, 4.69) is 0 Å². The molecule has 4 N–H and O–H groups in total. The number of hydrogen-bond donors (Lipinski definition) is 3. The Hall–Kier alpha value is -0.240. The highest BCUT2D eigenvalue weighted by molar-refractivity contribution is 4.76. The highest BCUT2D eigenvalue weighted by atomic mass is 16.7. The summed E-state index contributed by atoms with van der Waals surface area (Å²) in [7, 11) is 0. The standard InChI is InChI=1S/C9H18N2O4/c10-11(4-2-7-9(13)15-7)3-1-6-5-14-8(6)12/h6-9,12-13H,1-5,10H2. The van der Waals surface area contributed by atoms with E-state index in [1.54, 1.807) is 5.01 Å². The first-order valence-corrected chi connectivity index (χ1v) is 5.29. The quantitative estimate of drug-likeness (QED) is 0.289. The average Bonchev–Trinajstić information content (AvgIpc) is 2.89. The number of nitrogens with two attached hydrogens (primary N) is 1. The van der Waals surface area contributed by atoms with Gasteiger partial charge in [-0.25, -0.2) is 5.01 Å². The molecule has 2 aliphatic rings. The Morgan fingerprint density at radius 3 is 2.33 bits per heavy atom. The molecule has 0 spiro atoms. The number of nitrogens with zero attached hydrogens (tertiary/aromatic N) is 1. The van der Waals surface area contributed by atoms with Crippen LogP contribution in [0.1, 0.15) is 12.8 Å². The van der Waals surface area contributed by atoms with Gasteiger partial charge in [0.15, 0.2) is 12.6 Å². The van der Waals surface area contributed by atoms with Crippen molar-refractivity contribution in [1.29, 1.82) is 0 Å². The fraction of sp³-hybridized carbons (Fsp3) is 1.00. The van der Waals surface area contributed by atoms with E-state index in [-0.39, 0.29) is 12.0 Å². The van der Waals surface area contributed by atoms with Gasteiger partial charge in [0.25, 0.3) is 0 Å². The molecule has 2 aliphatic heterocycles. The van der Waals surface area contributed by atoms with Crippen LogP contribution >= 0.6 is 0 Å². The molecule has 2 rings (SSSR count). The first-order chi connectivity index (χ1) is 7.16. The molecule has 0 bridgehead atoms. The molecule has 0 aromatic rings. The van der Waals surface area contributed by atoms with Gasteiger partial charge in [0, 0.05) is 19.0 Å². The maximum Gasteiger partial charge on any atom is 0.181 e. The number of aliphatic hydroxyl groups excluding tert-OH is 2. The lowest BCUT2D eigenvalue weighted by Crippen LogP contribution is -2.43. The van der Waals surface area contributed by atoms with Gasteiger partial charge >= 0.3 is 0 Å². The van der Waals surface area contributed by atoms with Crippen molar-refractivity contribution in [2.75, 3.05) is 19.7 Å². The van der Waals surface area contributed by atoms with Gasteiger partial charge in [0.1, 0.15) is 6.10 Å². The van der Waals surface area contributed by atoms with Gasteiger partial charge in [-0.05, 0) is 12.8 Å². The van der Waals surface area contributed by atoms with Crippen molar-refractivity contribution >= 4 is 0 Å². The van der Waals surface area contributed by atoms with E-state index in [9.17, 15) is 0 Å². The Morgan fingerprint density at radius 1 is 1.20 bits per heavy atom. The number of rotatable bonds is 6. The number of aliphatic hydroxyl groups is 2. The molecule has 2 fully saturated rings. The highest BCUT2D eigenvalue weighted by Gasteiger charge is 2.36. The van der Waals surface area contributed by atoms with Gasteiger partial charge in [-0.15, -0.1) is 0 Å². The molecule has 6 heteroatoms. The number of epoxide rings is 1. The van der Waals surface area contributed by atoms with Gasteiger partial charge in [0.2, 0.25) is 0 Å². The fourth-order valence-corrected chi connectivity index (χ4v) is 1.63. The Balaban J connectivity index is 1.50. The van der Waals surface area contributed by atoms with Crippen LogP contribution in [0, 0.1) is 5.92 Å². The van der Waals surface area contributed by atoms with Crippen LogP contribution in [-0.4, -0.2) is 53.6 Å². The second-order valence-electron chi connectivity index (χ2n) is 4.16. The van der Waals surface area contributed by atoms with E-state index < -0.39 is 12.6 Å². The van der Waals surface area contributed by atoms with Gasteiger partial charge in [-0.1, -0.05) is 0 Å². The molecule has 4 atom stereocenters. The smallest absolute Gasteiger partial charge is 0.181 e. The van der Waals surface area contributed by atoms with Crippen molar-refractivity contribution in [3.63, 3.8) is 0 Å². The van der Waals surface area contributed by atoms with Crippen LogP contribution in [0.5, 0.6) is 0 Å². The summed E-state index contributed by atoms with van der Waals surface area (Å²) in [5.41, 5.74) is 0. The van der Waals surface area contributed by atoms with Crippen molar-refractivity contribution < 1.29 is 19.7 Å². The first kappa shape index (κ1) is 11.3. The van der Waals surface area contributed by atoms with E-state index >= 15 is 0 Å². The number of hydrogen-bond acceptors (Lipinski definition) is 6. The average molecular weight is 218 g/mol. The van der Waals surface area contributed by atoms with Crippen LogP contribution in [0.3, 0.4) is 0 Å². The van der Waals surface area contributed by atoms with E-state index in [0.717, 1.165) is 19.4 Å². The molecule has 0 saturated carbocycles. The van der Waals surface area contributed by atoms with Crippen molar-refractivity contribution in [3.05, 3.63) is 0 Å². The van der Waals surface area contributed by atoms with Crippen molar-refractivity contribution in [1.82, 2.24) is 5.01 Å². The Bertz CT molecular complexity index is 216. The van der Waals surface area contributed by atoms with Crippen LogP contribution in [0.15, 0.2) is 0 Å². The predicted molar refractivity (Wildman–Crippen MR) is 51.3 cm³/mol. The molecule has 2 saturated heterocycles. The second-order valence-corrected chi connectivity index (χ2v) is 4.16. The van der Waals surface area contributed by atoms with Crippen LogP contribution < -0.4 is 5.84 Å². The monoisotopic (exact) mass is 218 g/mol. The third-order valence-electron chi connectivity index (χ3n) is 2.93. The van der Waals surface area contributed by atoms with Crippen molar-refractivity contribution in [2.45, 2.75) is 31.5 Å². The largest absolute Gasteiger partial charge is 0.368 e. The Kier molecular flexibility index (Phi) is 3.55. The second kappa shape index (κ2) is 4.73. The maximum atomic E-state index is 9.15. The van der Waals surface area contributed by atoms with E-state index in [1.165, 1.54) is 0 Å². The molecule has 2 heterocycles. The lowest BCUT2D eigenvalue weighted by Gasteiger charge is -2.33. The van der Waals surface area contributed by atoms with Gasteiger partial charge in [0.05, 0.1) is 6.61 Å². The highest BCUT2D eigenvalue weighted by Crippen LogP contribution is 2.23. The zero-order valence-electron chi connectivity index (χ0n) is 8.58. The summed E-state index contributed by atoms with van der Waals surface area (Å²) < 4.78 is 9.70. The SMILES string of the molecule is NN(CCC1COC1O)CCC1OC1O. The molecule has 15 heavy (non-hydrogen) atoms. The molecular weight excluding hydrogens is 200 g/mol. The summed E-state index contributed by atoms with van der Waals surface area (Å²) >= 11 is 0. The minimum atomic E-state index is -0.605. The lowest BCUT2D eigenvalue weighted by atomic mass is 10.0. The third-order valence-corrected chi connectivity index (χ3v) is 2.93. The zero-order valence-corrected chi connectivity index (χ0v) is 8.58. The maximum absolute atomic E-state index is 9.15. The normalized spacial score (nSPS) is 39.2. The molecule has 0 aromatic carbocycles. The number of hydrazine groups is 1. The lowest BCUT2D eigenvalue weighted by molar-refractivity contribution is -0.234. The summed E-state index contributed by atoms with van der Waals surface area (Å²) in [6.45, 7) is 2.05. The minimum Gasteiger partial charge on any atom is -0.368 e. The van der Waals surface area contributed by atoms with Crippen molar-refractivity contribution in [3.8, 4) is 0 Å². The van der Waals surface area contributed by atoms with E-state index in [1.807, 2.05) is 0 Å². The molecular formula is C9H18N2O4. The van der Waals surface area contributed by atoms with Crippen LogP contribution in [0.4, 0.5) is 0 Å². The Labute approximate surface area is 88.5 Å². The van der Waals surface area contributed by atoms with E-state index in [0.29, 0.717) is 13.2 Å². The molecule has 88 valence electrons. The Morgan fingerprint density at radius 2 is 1.87 bits per heavy atom. The minimum absolute atomic E-state index is 0.0336. The van der Waals surface area contributed by atoms with Gasteiger partial charge < -0.3 is 19.7 Å². The van der Waals surface area contributed by atoms with Crippen LogP contribution in [-0.2, 0) is 9.47 Å². The first-order valence-electron chi connectivity index (χ1n) is 5.29.